The van der Waals surface area contributed by atoms with E-state index >= 15 is 0 Å². The molecule has 0 fully saturated rings. The maximum atomic E-state index is 10.5. The fourth-order valence-corrected chi connectivity index (χ4v) is 3.93. The lowest BCUT2D eigenvalue weighted by atomic mass is 9.93. The summed E-state index contributed by atoms with van der Waals surface area (Å²) in [6, 6.07) is 22.5. The van der Waals surface area contributed by atoms with Crippen molar-refractivity contribution < 1.29 is 5.11 Å². The molecule has 0 amide bonds. The van der Waals surface area contributed by atoms with E-state index in [1.165, 1.54) is 11.1 Å². The predicted molar refractivity (Wildman–Crippen MR) is 118 cm³/mol. The number of rotatable bonds is 3. The molecule has 3 nitrogen and oxygen atoms in total. The van der Waals surface area contributed by atoms with Gasteiger partial charge in [-0.1, -0.05) is 75.6 Å². The second kappa shape index (κ2) is 7.90. The Kier molecular flexibility index (Phi) is 5.33. The molecule has 1 aliphatic rings. The first-order valence-corrected chi connectivity index (χ1v) is 10.2. The summed E-state index contributed by atoms with van der Waals surface area (Å²) in [4.78, 5) is 5.02. The third-order valence-electron chi connectivity index (χ3n) is 5.18. The zero-order chi connectivity index (χ0) is 19.7. The largest absolute Gasteiger partial charge is 0.508 e. The van der Waals surface area contributed by atoms with E-state index in [0.29, 0.717) is 5.75 Å². The molecule has 0 spiro atoms. The lowest BCUT2D eigenvalue weighted by molar-refractivity contribution is 0.412. The minimum absolute atomic E-state index is 0.0300. The topological polar surface area (TPSA) is 44.6 Å². The molecule has 0 aromatic heterocycles. The smallest absolute Gasteiger partial charge is 0.126 e. The molecule has 3 aromatic rings. The van der Waals surface area contributed by atoms with E-state index in [-0.39, 0.29) is 12.2 Å². The number of nitrogens with zero attached hydrogens (tertiary/aromatic N) is 1. The number of hydrogen-bond donors (Lipinski definition) is 2. The molecule has 1 heterocycles. The van der Waals surface area contributed by atoms with Crippen molar-refractivity contribution in [1.82, 2.24) is 5.32 Å². The number of aromatic hydroxyl groups is 1. The van der Waals surface area contributed by atoms with E-state index in [1.54, 1.807) is 6.07 Å². The van der Waals surface area contributed by atoms with Gasteiger partial charge in [0.25, 0.3) is 0 Å². The highest BCUT2D eigenvalue weighted by atomic mass is 79.9. The van der Waals surface area contributed by atoms with Gasteiger partial charge in [0.15, 0.2) is 0 Å². The number of nitrogens with one attached hydrogen (secondary N) is 1. The molecule has 0 radical (unpaired) electrons. The molecule has 4 heteroatoms. The SMILES string of the molecule is Cc1ccc(C2=NC(c3ccc(C)cc3)NC(c3cc(Br)ccc3O)C2)cc1. The van der Waals surface area contributed by atoms with Crippen LogP contribution in [0.15, 0.2) is 76.2 Å². The van der Waals surface area contributed by atoms with Crippen LogP contribution in [0.5, 0.6) is 5.75 Å². The molecular weight excluding hydrogens is 412 g/mol. The van der Waals surface area contributed by atoms with Crippen molar-refractivity contribution in [2.24, 2.45) is 4.99 Å². The number of benzene rings is 3. The highest BCUT2D eigenvalue weighted by molar-refractivity contribution is 9.10. The van der Waals surface area contributed by atoms with E-state index in [9.17, 15) is 5.11 Å². The summed E-state index contributed by atoms with van der Waals surface area (Å²) in [5.74, 6) is 0.300. The maximum absolute atomic E-state index is 10.5. The van der Waals surface area contributed by atoms with Crippen LogP contribution >= 0.6 is 15.9 Å². The van der Waals surface area contributed by atoms with E-state index in [1.807, 2.05) is 12.1 Å². The van der Waals surface area contributed by atoms with Crippen LogP contribution in [-0.2, 0) is 0 Å². The Bertz CT molecular complexity index is 1010. The average molecular weight is 435 g/mol. The highest BCUT2D eigenvalue weighted by Gasteiger charge is 2.27. The second-order valence-electron chi connectivity index (χ2n) is 7.38. The summed E-state index contributed by atoms with van der Waals surface area (Å²) in [7, 11) is 0. The molecule has 2 atom stereocenters. The zero-order valence-electron chi connectivity index (χ0n) is 16.0. The van der Waals surface area contributed by atoms with Crippen molar-refractivity contribution in [1.29, 1.82) is 0 Å². The Hall–Kier alpha value is -2.43. The van der Waals surface area contributed by atoms with Crippen LogP contribution in [0, 0.1) is 13.8 Å². The van der Waals surface area contributed by atoms with Crippen molar-refractivity contribution in [3.8, 4) is 5.75 Å². The highest BCUT2D eigenvalue weighted by Crippen LogP contribution is 2.35. The monoisotopic (exact) mass is 434 g/mol. The van der Waals surface area contributed by atoms with Crippen molar-refractivity contribution in [2.75, 3.05) is 0 Å². The normalized spacial score (nSPS) is 19.3. The third-order valence-corrected chi connectivity index (χ3v) is 5.68. The van der Waals surface area contributed by atoms with Gasteiger partial charge in [-0.25, -0.2) is 0 Å². The first kappa shape index (κ1) is 18.9. The van der Waals surface area contributed by atoms with Gasteiger partial charge in [-0.05, 0) is 43.2 Å². The molecule has 4 rings (SSSR count). The molecule has 2 N–H and O–H groups in total. The van der Waals surface area contributed by atoms with Crippen LogP contribution < -0.4 is 5.32 Å². The first-order valence-electron chi connectivity index (χ1n) is 9.44. The van der Waals surface area contributed by atoms with E-state index in [2.05, 4.69) is 83.6 Å². The lowest BCUT2D eigenvalue weighted by Crippen LogP contribution is -2.33. The van der Waals surface area contributed by atoms with Crippen LogP contribution in [0.3, 0.4) is 0 Å². The molecule has 0 bridgehead atoms. The molecule has 142 valence electrons. The number of halogens is 1. The van der Waals surface area contributed by atoms with E-state index < -0.39 is 0 Å². The predicted octanol–water partition coefficient (Wildman–Crippen LogP) is 5.99. The maximum Gasteiger partial charge on any atom is 0.126 e. The molecule has 0 saturated heterocycles. The van der Waals surface area contributed by atoms with Crippen LogP contribution in [0.1, 0.15) is 46.4 Å². The minimum Gasteiger partial charge on any atom is -0.508 e. The standard InChI is InChI=1S/C24H23BrN2O/c1-15-3-7-17(8-4-15)21-14-22(20-13-19(25)11-12-23(20)28)27-24(26-21)18-9-5-16(2)6-10-18/h3-13,22,24,27-28H,14H2,1-2H3. The van der Waals surface area contributed by atoms with E-state index in [0.717, 1.165) is 33.3 Å². The minimum atomic E-state index is -0.158. The summed E-state index contributed by atoms with van der Waals surface area (Å²) >= 11 is 3.53. The molecular formula is C24H23BrN2O. The second-order valence-corrected chi connectivity index (χ2v) is 8.30. The average Bonchev–Trinajstić information content (AvgIpc) is 2.70. The van der Waals surface area contributed by atoms with Crippen molar-refractivity contribution in [2.45, 2.75) is 32.5 Å². The van der Waals surface area contributed by atoms with Crippen LogP contribution in [0.4, 0.5) is 0 Å². The lowest BCUT2D eigenvalue weighted by Gasteiger charge is -2.31. The summed E-state index contributed by atoms with van der Waals surface area (Å²) in [6.45, 7) is 4.17. The van der Waals surface area contributed by atoms with Gasteiger partial charge in [0, 0.05) is 28.2 Å². The number of hydrogen-bond acceptors (Lipinski definition) is 3. The van der Waals surface area contributed by atoms with Gasteiger partial charge in [0.2, 0.25) is 0 Å². The molecule has 3 aromatic carbocycles. The number of phenolic OH excluding ortho intramolecular Hbond substituents is 1. The fraction of sp³-hybridized carbons (Fsp3) is 0.208. The van der Waals surface area contributed by atoms with Gasteiger partial charge in [0.1, 0.15) is 11.9 Å². The fourth-order valence-electron chi connectivity index (χ4n) is 3.55. The summed E-state index contributed by atoms with van der Waals surface area (Å²) in [5, 5.41) is 14.1. The van der Waals surface area contributed by atoms with Gasteiger partial charge in [-0.2, -0.15) is 0 Å². The van der Waals surface area contributed by atoms with Crippen molar-refractivity contribution in [3.05, 3.63) is 99.0 Å². The van der Waals surface area contributed by atoms with Crippen molar-refractivity contribution >= 4 is 21.6 Å². The Balaban J connectivity index is 1.76. The van der Waals surface area contributed by atoms with Gasteiger partial charge in [0.05, 0.1) is 0 Å². The van der Waals surface area contributed by atoms with Gasteiger partial charge < -0.3 is 5.11 Å². The summed E-state index contributed by atoms with van der Waals surface area (Å²) in [6.07, 6.45) is 0.559. The summed E-state index contributed by atoms with van der Waals surface area (Å²) in [5.41, 5.74) is 6.64. The van der Waals surface area contributed by atoms with Gasteiger partial charge >= 0.3 is 0 Å². The van der Waals surface area contributed by atoms with Crippen LogP contribution in [0.2, 0.25) is 0 Å². The van der Waals surface area contributed by atoms with Crippen LogP contribution in [0.25, 0.3) is 0 Å². The molecule has 28 heavy (non-hydrogen) atoms. The summed E-state index contributed by atoms with van der Waals surface area (Å²) < 4.78 is 0.952. The Labute approximate surface area is 174 Å². The van der Waals surface area contributed by atoms with Crippen molar-refractivity contribution in [3.63, 3.8) is 0 Å². The van der Waals surface area contributed by atoms with Crippen LogP contribution in [-0.4, -0.2) is 10.8 Å². The van der Waals surface area contributed by atoms with E-state index in [4.69, 9.17) is 4.99 Å². The molecule has 2 unspecified atom stereocenters. The number of aryl methyl sites for hydroxylation is 2. The zero-order valence-corrected chi connectivity index (χ0v) is 17.6. The molecule has 1 aliphatic heterocycles. The number of aliphatic imine (C=N–C) groups is 1. The first-order chi connectivity index (χ1) is 13.5. The molecule has 0 saturated carbocycles. The Morgan fingerprint density at radius 3 is 2.25 bits per heavy atom. The third kappa shape index (κ3) is 4.03. The Morgan fingerprint density at radius 1 is 0.929 bits per heavy atom. The molecule has 0 aliphatic carbocycles. The Morgan fingerprint density at radius 2 is 1.57 bits per heavy atom. The van der Waals surface area contributed by atoms with Gasteiger partial charge in [-0.15, -0.1) is 0 Å². The number of phenols is 1. The quantitative estimate of drug-likeness (QED) is 0.531. The van der Waals surface area contributed by atoms with Gasteiger partial charge in [-0.3, -0.25) is 10.3 Å².